The van der Waals surface area contributed by atoms with Crippen molar-refractivity contribution in [2.45, 2.75) is 24.8 Å². The molecule has 0 amide bonds. The van der Waals surface area contributed by atoms with Gasteiger partial charge in [-0.1, -0.05) is 133 Å². The fourth-order valence-corrected chi connectivity index (χ4v) is 7.23. The number of hydrogen-bond acceptors (Lipinski definition) is 6. The highest BCUT2D eigenvalue weighted by atomic mass is 16.5. The number of aliphatic imine (C=N–C) groups is 1. The first-order chi connectivity index (χ1) is 24.7. The average molecular weight is 649 g/mol. The van der Waals surface area contributed by atoms with Gasteiger partial charge >= 0.3 is 0 Å². The van der Waals surface area contributed by atoms with Gasteiger partial charge in [-0.25, -0.2) is 9.67 Å². The smallest absolute Gasteiger partial charge is 0.272 e. The minimum absolute atomic E-state index is 0.00310. The van der Waals surface area contributed by atoms with Gasteiger partial charge in [0.2, 0.25) is 0 Å². The van der Waals surface area contributed by atoms with Gasteiger partial charge in [-0.15, -0.1) is 0 Å². The lowest BCUT2D eigenvalue weighted by atomic mass is 9.77. The predicted molar refractivity (Wildman–Crippen MR) is 196 cm³/mol. The van der Waals surface area contributed by atoms with Gasteiger partial charge in [0.1, 0.15) is 16.9 Å². The zero-order valence-corrected chi connectivity index (χ0v) is 27.4. The Hall–Kier alpha value is -6.47. The molecule has 1 atom stereocenters. The van der Waals surface area contributed by atoms with E-state index >= 15 is 0 Å². The van der Waals surface area contributed by atoms with Gasteiger partial charge < -0.3 is 4.52 Å². The van der Waals surface area contributed by atoms with Gasteiger partial charge in [0.15, 0.2) is 5.82 Å². The van der Waals surface area contributed by atoms with Crippen molar-refractivity contribution in [2.24, 2.45) is 4.99 Å². The first-order valence-corrected chi connectivity index (χ1v) is 16.8. The zero-order chi connectivity index (χ0) is 33.5. The maximum absolute atomic E-state index is 5.83. The van der Waals surface area contributed by atoms with Crippen molar-refractivity contribution >= 4 is 22.3 Å². The Kier molecular flexibility index (Phi) is 7.24. The monoisotopic (exact) mass is 648 g/mol. The molecule has 0 aliphatic carbocycles. The molecule has 240 valence electrons. The normalized spacial score (nSPS) is 13.3. The van der Waals surface area contributed by atoms with E-state index in [0.717, 1.165) is 61.4 Å². The molecule has 7 nitrogen and oxygen atoms in total. The SMILES string of the molecule is CC(c1ccccc1)c1noc(C2=Nc3cc4c(-c5ccncc5)nn(C(c5ccccc5)(c5ccccc5)c5ccccc5)c4cc3C2)n1. The van der Waals surface area contributed by atoms with Crippen LogP contribution < -0.4 is 0 Å². The molecule has 1 unspecified atom stereocenters. The summed E-state index contributed by atoms with van der Waals surface area (Å²) in [5.74, 6) is 1.09. The first kappa shape index (κ1) is 29.7. The van der Waals surface area contributed by atoms with Crippen molar-refractivity contribution < 1.29 is 4.52 Å². The summed E-state index contributed by atoms with van der Waals surface area (Å²) >= 11 is 0. The molecule has 4 heterocycles. The molecule has 8 aromatic rings. The predicted octanol–water partition coefficient (Wildman–Crippen LogP) is 9.15. The van der Waals surface area contributed by atoms with E-state index in [1.54, 1.807) is 0 Å². The van der Waals surface area contributed by atoms with Crippen molar-refractivity contribution in [2.75, 3.05) is 0 Å². The number of rotatable bonds is 8. The zero-order valence-electron chi connectivity index (χ0n) is 27.4. The van der Waals surface area contributed by atoms with Gasteiger partial charge in [0.25, 0.3) is 5.89 Å². The van der Waals surface area contributed by atoms with E-state index < -0.39 is 5.54 Å². The molecule has 5 aromatic carbocycles. The summed E-state index contributed by atoms with van der Waals surface area (Å²) in [4.78, 5) is 14.2. The molecule has 0 fully saturated rings. The number of pyridine rings is 1. The number of nitrogens with zero attached hydrogens (tertiary/aromatic N) is 6. The Morgan fingerprint density at radius 2 is 1.28 bits per heavy atom. The van der Waals surface area contributed by atoms with Crippen molar-refractivity contribution in [3.8, 4) is 11.3 Å². The Bertz CT molecular complexity index is 2360. The van der Waals surface area contributed by atoms with E-state index in [4.69, 9.17) is 19.6 Å². The second-order valence-corrected chi connectivity index (χ2v) is 12.6. The molecule has 1 aliphatic heterocycles. The number of fused-ring (bicyclic) bond motifs is 2. The van der Waals surface area contributed by atoms with Crippen LogP contribution in [-0.4, -0.2) is 30.6 Å². The number of benzene rings is 5. The minimum atomic E-state index is -0.793. The highest BCUT2D eigenvalue weighted by Gasteiger charge is 2.41. The molecule has 7 heteroatoms. The summed E-state index contributed by atoms with van der Waals surface area (Å²) in [6.07, 6.45) is 4.19. The number of hydrogen-bond donors (Lipinski definition) is 0. The lowest BCUT2D eigenvalue weighted by Gasteiger charge is -2.37. The van der Waals surface area contributed by atoms with E-state index in [1.165, 1.54) is 0 Å². The molecule has 0 radical (unpaired) electrons. The van der Waals surface area contributed by atoms with Gasteiger partial charge in [0, 0.05) is 35.7 Å². The molecule has 0 N–H and O–H groups in total. The molecular weight excluding hydrogens is 617 g/mol. The molecule has 0 spiro atoms. The molecule has 0 bridgehead atoms. The van der Waals surface area contributed by atoms with E-state index in [2.05, 4.69) is 137 Å². The maximum atomic E-state index is 5.83. The Morgan fingerprint density at radius 3 is 1.88 bits per heavy atom. The molecule has 0 saturated carbocycles. The third-order valence-electron chi connectivity index (χ3n) is 9.72. The summed E-state index contributed by atoms with van der Waals surface area (Å²) < 4.78 is 8.04. The van der Waals surface area contributed by atoms with Crippen LogP contribution in [0.4, 0.5) is 5.69 Å². The largest absolute Gasteiger partial charge is 0.333 e. The summed E-state index contributed by atoms with van der Waals surface area (Å²) in [6.45, 7) is 2.09. The minimum Gasteiger partial charge on any atom is -0.333 e. The van der Waals surface area contributed by atoms with Crippen LogP contribution in [-0.2, 0) is 12.0 Å². The fraction of sp³-hybridized carbons (Fsp3) is 0.0930. The van der Waals surface area contributed by atoms with Gasteiger partial charge in [-0.2, -0.15) is 10.1 Å². The van der Waals surface area contributed by atoms with Gasteiger partial charge in [-0.05, 0) is 52.1 Å². The molecule has 1 aliphatic rings. The lowest BCUT2D eigenvalue weighted by molar-refractivity contribution is 0.401. The standard InChI is InChI=1S/C43H32N6O/c1-29(30-14-6-2-7-15-30)41-46-42(50-48-41)38-26-32-27-39-36(28-37(32)45-38)40(31-22-24-44-25-23-31)47-49(39)43(33-16-8-3-9-17-33,34-18-10-4-11-19-34)35-20-12-5-13-21-35/h2-25,27-29H,26H2,1H3. The first-order valence-electron chi connectivity index (χ1n) is 16.8. The van der Waals surface area contributed by atoms with E-state index in [-0.39, 0.29) is 5.92 Å². The Balaban J connectivity index is 1.25. The summed E-state index contributed by atoms with van der Waals surface area (Å²) in [5, 5.41) is 10.9. The fourth-order valence-electron chi connectivity index (χ4n) is 7.23. The van der Waals surface area contributed by atoms with Crippen LogP contribution in [0.1, 0.15) is 52.4 Å². The highest BCUT2D eigenvalue weighted by molar-refractivity contribution is 6.06. The second kappa shape index (κ2) is 12.2. The van der Waals surface area contributed by atoms with Crippen LogP contribution >= 0.6 is 0 Å². The van der Waals surface area contributed by atoms with Crippen LogP contribution in [0.25, 0.3) is 22.2 Å². The van der Waals surface area contributed by atoms with Crippen LogP contribution in [0.15, 0.2) is 168 Å². The third kappa shape index (κ3) is 4.86. The molecule has 9 rings (SSSR count). The van der Waals surface area contributed by atoms with Crippen LogP contribution in [0.3, 0.4) is 0 Å². The number of aromatic nitrogens is 5. The van der Waals surface area contributed by atoms with Crippen LogP contribution in [0, 0.1) is 0 Å². The van der Waals surface area contributed by atoms with E-state index in [9.17, 15) is 0 Å². The second-order valence-electron chi connectivity index (χ2n) is 12.6. The molecule has 3 aromatic heterocycles. The quantitative estimate of drug-likeness (QED) is 0.154. The lowest BCUT2D eigenvalue weighted by Crippen LogP contribution is -2.38. The molecule has 50 heavy (non-hydrogen) atoms. The van der Waals surface area contributed by atoms with Crippen molar-refractivity contribution in [1.29, 1.82) is 0 Å². The molecule has 0 saturated heterocycles. The van der Waals surface area contributed by atoms with Crippen molar-refractivity contribution in [1.82, 2.24) is 24.9 Å². The van der Waals surface area contributed by atoms with E-state index in [0.29, 0.717) is 18.1 Å². The maximum Gasteiger partial charge on any atom is 0.272 e. The van der Waals surface area contributed by atoms with Gasteiger partial charge in [0.05, 0.1) is 11.2 Å². The Morgan fingerprint density at radius 1 is 0.700 bits per heavy atom. The van der Waals surface area contributed by atoms with E-state index in [1.807, 2.05) is 42.7 Å². The van der Waals surface area contributed by atoms with Crippen LogP contribution in [0.2, 0.25) is 0 Å². The van der Waals surface area contributed by atoms with Crippen LogP contribution in [0.5, 0.6) is 0 Å². The highest BCUT2D eigenvalue weighted by Crippen LogP contribution is 2.45. The average Bonchev–Trinajstić information content (AvgIpc) is 3.94. The van der Waals surface area contributed by atoms with Gasteiger partial charge in [-0.3, -0.25) is 4.98 Å². The topological polar surface area (TPSA) is 82.0 Å². The Labute approximate surface area is 289 Å². The summed E-state index contributed by atoms with van der Waals surface area (Å²) in [6, 6.07) is 50.6. The third-order valence-corrected chi connectivity index (χ3v) is 9.72. The summed E-state index contributed by atoms with van der Waals surface area (Å²) in [5.41, 5.74) is 9.20. The van der Waals surface area contributed by atoms with Crippen molar-refractivity contribution in [3.05, 3.63) is 198 Å². The summed E-state index contributed by atoms with van der Waals surface area (Å²) in [7, 11) is 0. The molecular formula is C43H32N6O. The van der Waals surface area contributed by atoms with Crippen molar-refractivity contribution in [3.63, 3.8) is 0 Å².